The fraction of sp³-hybridized carbons (Fsp3) is 0.269. The average Bonchev–Trinajstić information content (AvgIpc) is 3.11. The van der Waals surface area contributed by atoms with Crippen LogP contribution in [-0.2, 0) is 16.6 Å². The number of carbonyl (C=O) groups excluding carboxylic acids is 1. The van der Waals surface area contributed by atoms with Crippen LogP contribution in [0.25, 0.3) is 0 Å². The number of benzene rings is 3. The van der Waals surface area contributed by atoms with Gasteiger partial charge in [0, 0.05) is 44.0 Å². The van der Waals surface area contributed by atoms with Crippen LogP contribution < -0.4 is 9.46 Å². The van der Waals surface area contributed by atoms with Crippen LogP contribution in [-0.4, -0.2) is 57.4 Å². The third kappa shape index (κ3) is 6.37. The molecule has 1 heterocycles. The average molecular weight is 498 g/mol. The van der Waals surface area contributed by atoms with Crippen molar-refractivity contribution in [2.75, 3.05) is 38.0 Å². The minimum absolute atomic E-state index is 0.0277. The smallest absolute Gasteiger partial charge is 0.261 e. The molecular weight excluding hydrogens is 469 g/mol. The van der Waals surface area contributed by atoms with Gasteiger partial charge in [-0.05, 0) is 72.6 Å². The van der Waals surface area contributed by atoms with Crippen molar-refractivity contribution in [3.63, 3.8) is 0 Å². The van der Waals surface area contributed by atoms with Crippen LogP contribution in [0.2, 0.25) is 0 Å². The first kappa shape index (κ1) is 24.7. The van der Waals surface area contributed by atoms with Gasteiger partial charge in [0.1, 0.15) is 11.6 Å². The number of hydrogen-bond donors (Lipinski definition) is 1. The van der Waals surface area contributed by atoms with E-state index in [1.54, 1.807) is 7.11 Å². The first-order valence-electron chi connectivity index (χ1n) is 11.4. The second kappa shape index (κ2) is 10.9. The lowest BCUT2D eigenvalue weighted by molar-refractivity contribution is 0.0761. The van der Waals surface area contributed by atoms with Crippen LogP contribution in [0.5, 0.6) is 5.75 Å². The lowest BCUT2D eigenvalue weighted by Gasteiger charge is -2.22. The van der Waals surface area contributed by atoms with E-state index in [4.69, 9.17) is 4.74 Å². The number of halogens is 1. The summed E-state index contributed by atoms with van der Waals surface area (Å²) in [6, 6.07) is 18.9. The molecule has 0 unspecified atom stereocenters. The lowest BCUT2D eigenvalue weighted by Crippen LogP contribution is -2.35. The molecule has 0 aromatic heterocycles. The number of methoxy groups -OCH3 is 1. The highest BCUT2D eigenvalue weighted by atomic mass is 32.2. The maximum Gasteiger partial charge on any atom is 0.261 e. The Kier molecular flexibility index (Phi) is 7.67. The van der Waals surface area contributed by atoms with E-state index in [0.717, 1.165) is 31.8 Å². The van der Waals surface area contributed by atoms with Crippen molar-refractivity contribution in [2.45, 2.75) is 17.9 Å². The molecular formula is C26H28FN3O4S. The molecule has 3 aromatic carbocycles. The van der Waals surface area contributed by atoms with E-state index >= 15 is 0 Å². The molecule has 0 saturated carbocycles. The lowest BCUT2D eigenvalue weighted by atomic mass is 10.2. The molecule has 1 fully saturated rings. The van der Waals surface area contributed by atoms with Gasteiger partial charge in [-0.3, -0.25) is 14.4 Å². The van der Waals surface area contributed by atoms with Crippen LogP contribution >= 0.6 is 0 Å². The summed E-state index contributed by atoms with van der Waals surface area (Å²) in [5, 5.41) is 0. The highest BCUT2D eigenvalue weighted by Gasteiger charge is 2.21. The van der Waals surface area contributed by atoms with E-state index in [2.05, 4.69) is 9.62 Å². The molecule has 7 nitrogen and oxygen atoms in total. The van der Waals surface area contributed by atoms with Gasteiger partial charge in [0.2, 0.25) is 0 Å². The third-order valence-corrected chi connectivity index (χ3v) is 7.35. The molecule has 0 atom stereocenters. The van der Waals surface area contributed by atoms with Crippen molar-refractivity contribution in [2.24, 2.45) is 0 Å². The van der Waals surface area contributed by atoms with Gasteiger partial charge in [0.05, 0.1) is 12.0 Å². The zero-order chi connectivity index (χ0) is 24.8. The first-order chi connectivity index (χ1) is 16.8. The third-order valence-electron chi connectivity index (χ3n) is 5.95. The van der Waals surface area contributed by atoms with E-state index in [1.807, 2.05) is 29.2 Å². The second-order valence-electron chi connectivity index (χ2n) is 8.41. The van der Waals surface area contributed by atoms with Crippen molar-refractivity contribution in [1.82, 2.24) is 9.80 Å². The quantitative estimate of drug-likeness (QED) is 0.534. The molecule has 0 bridgehead atoms. The number of nitrogens with one attached hydrogen (secondary N) is 1. The maximum atomic E-state index is 13.1. The number of amides is 1. The summed E-state index contributed by atoms with van der Waals surface area (Å²) in [6.45, 7) is 3.69. The Morgan fingerprint density at radius 1 is 0.914 bits per heavy atom. The zero-order valence-electron chi connectivity index (χ0n) is 19.5. The molecule has 1 aliphatic rings. The van der Waals surface area contributed by atoms with Gasteiger partial charge in [0.15, 0.2) is 0 Å². The number of ether oxygens (including phenoxy) is 1. The molecule has 184 valence electrons. The molecule has 0 radical (unpaired) electrons. The summed E-state index contributed by atoms with van der Waals surface area (Å²) in [4.78, 5) is 17.2. The van der Waals surface area contributed by atoms with E-state index in [-0.39, 0.29) is 16.5 Å². The number of sulfonamides is 1. The number of carbonyl (C=O) groups is 1. The molecule has 4 rings (SSSR count). The summed E-state index contributed by atoms with van der Waals surface area (Å²) in [6.07, 6.45) is 0.857. The van der Waals surface area contributed by atoms with Crippen LogP contribution in [0.15, 0.2) is 77.7 Å². The predicted molar refractivity (Wildman–Crippen MR) is 132 cm³/mol. The Balaban J connectivity index is 1.36. The second-order valence-corrected chi connectivity index (χ2v) is 10.1. The zero-order valence-corrected chi connectivity index (χ0v) is 20.3. The van der Waals surface area contributed by atoms with Crippen molar-refractivity contribution in [3.8, 4) is 5.75 Å². The molecule has 1 amide bonds. The van der Waals surface area contributed by atoms with Crippen molar-refractivity contribution < 1.29 is 22.3 Å². The first-order valence-corrected chi connectivity index (χ1v) is 12.9. The standard InChI is InChI=1S/C26H28FN3O4S/c1-34-24-11-3-20(4-12-24)19-29-15-2-16-30(18-17-29)26(31)21-5-13-25(14-6-21)35(32,33)28-23-9-7-22(27)8-10-23/h3-14,28H,2,15-19H2,1H3. The Labute approximate surface area is 205 Å². The Hall–Kier alpha value is -3.43. The number of anilines is 1. The molecule has 1 saturated heterocycles. The molecule has 1 N–H and O–H groups in total. The van der Waals surface area contributed by atoms with Crippen LogP contribution in [0.3, 0.4) is 0 Å². The SMILES string of the molecule is COc1ccc(CN2CCCN(C(=O)c3ccc(S(=O)(=O)Nc4ccc(F)cc4)cc3)CC2)cc1. The summed E-state index contributed by atoms with van der Waals surface area (Å²) in [5.74, 6) is 0.256. The maximum absolute atomic E-state index is 13.1. The van der Waals surface area contributed by atoms with E-state index in [0.29, 0.717) is 18.7 Å². The van der Waals surface area contributed by atoms with Gasteiger partial charge in [-0.2, -0.15) is 0 Å². The molecule has 0 spiro atoms. The van der Waals surface area contributed by atoms with Gasteiger partial charge in [-0.1, -0.05) is 12.1 Å². The van der Waals surface area contributed by atoms with Crippen LogP contribution in [0.4, 0.5) is 10.1 Å². The Morgan fingerprint density at radius 3 is 2.26 bits per heavy atom. The van der Waals surface area contributed by atoms with Crippen molar-refractivity contribution in [3.05, 3.63) is 89.7 Å². The monoisotopic (exact) mass is 497 g/mol. The molecule has 9 heteroatoms. The Bertz CT molecular complexity index is 1250. The molecule has 3 aromatic rings. The molecule has 0 aliphatic carbocycles. The van der Waals surface area contributed by atoms with E-state index in [1.165, 1.54) is 54.1 Å². The van der Waals surface area contributed by atoms with Gasteiger partial charge >= 0.3 is 0 Å². The van der Waals surface area contributed by atoms with Gasteiger partial charge in [-0.25, -0.2) is 12.8 Å². The number of nitrogens with zero attached hydrogens (tertiary/aromatic N) is 2. The largest absolute Gasteiger partial charge is 0.497 e. The molecule has 1 aliphatic heterocycles. The van der Waals surface area contributed by atoms with E-state index in [9.17, 15) is 17.6 Å². The summed E-state index contributed by atoms with van der Waals surface area (Å²) >= 11 is 0. The fourth-order valence-electron chi connectivity index (χ4n) is 4.01. The Morgan fingerprint density at radius 2 is 1.60 bits per heavy atom. The van der Waals surface area contributed by atoms with Gasteiger partial charge in [-0.15, -0.1) is 0 Å². The fourth-order valence-corrected chi connectivity index (χ4v) is 5.07. The topological polar surface area (TPSA) is 79.0 Å². The number of hydrogen-bond acceptors (Lipinski definition) is 5. The normalized spacial score (nSPS) is 14.9. The van der Waals surface area contributed by atoms with Crippen molar-refractivity contribution in [1.29, 1.82) is 0 Å². The molecule has 35 heavy (non-hydrogen) atoms. The highest BCUT2D eigenvalue weighted by Crippen LogP contribution is 2.19. The minimum Gasteiger partial charge on any atom is -0.497 e. The summed E-state index contributed by atoms with van der Waals surface area (Å²) < 4.78 is 45.9. The van der Waals surface area contributed by atoms with E-state index < -0.39 is 15.8 Å². The van der Waals surface area contributed by atoms with Crippen molar-refractivity contribution >= 4 is 21.6 Å². The van der Waals surface area contributed by atoms with Gasteiger partial charge in [0.25, 0.3) is 15.9 Å². The highest BCUT2D eigenvalue weighted by molar-refractivity contribution is 7.92. The van der Waals surface area contributed by atoms with Gasteiger partial charge < -0.3 is 9.64 Å². The summed E-state index contributed by atoms with van der Waals surface area (Å²) in [7, 11) is -2.21. The van der Waals surface area contributed by atoms with Crippen LogP contribution in [0.1, 0.15) is 22.3 Å². The number of rotatable bonds is 7. The predicted octanol–water partition coefficient (Wildman–Crippen LogP) is 3.98. The summed E-state index contributed by atoms with van der Waals surface area (Å²) in [5.41, 5.74) is 1.89. The minimum atomic E-state index is -3.85. The van der Waals surface area contributed by atoms with Crippen LogP contribution in [0, 0.1) is 5.82 Å².